The van der Waals surface area contributed by atoms with E-state index in [1.807, 2.05) is 0 Å². The summed E-state index contributed by atoms with van der Waals surface area (Å²) in [6.45, 7) is 4.02. The van der Waals surface area contributed by atoms with Crippen LogP contribution in [0.25, 0.3) is 4.96 Å². The monoisotopic (exact) mass is 266 g/mol. The Morgan fingerprint density at radius 3 is 3.17 bits per heavy atom. The van der Waals surface area contributed by atoms with Gasteiger partial charge in [0.1, 0.15) is 5.01 Å². The van der Waals surface area contributed by atoms with Crippen LogP contribution in [0.4, 0.5) is 0 Å². The number of nitrogens with zero attached hydrogens (tertiary/aromatic N) is 4. The maximum absolute atomic E-state index is 11.7. The Morgan fingerprint density at radius 1 is 1.61 bits per heavy atom. The summed E-state index contributed by atoms with van der Waals surface area (Å²) in [5, 5.41) is 14.6. The molecule has 0 spiro atoms. The van der Waals surface area contributed by atoms with Gasteiger partial charge >= 0.3 is 0 Å². The molecule has 18 heavy (non-hydrogen) atoms. The molecular formula is C11H14N4O2S. The average Bonchev–Trinajstić information content (AvgIpc) is 2.85. The van der Waals surface area contributed by atoms with Crippen LogP contribution in [-0.4, -0.2) is 43.8 Å². The van der Waals surface area contributed by atoms with Crippen LogP contribution in [0.1, 0.15) is 17.1 Å². The molecule has 1 aliphatic heterocycles. The minimum absolute atomic E-state index is 0.138. The second-order valence-electron chi connectivity index (χ2n) is 4.60. The number of rotatable bonds is 2. The molecule has 1 saturated heterocycles. The van der Waals surface area contributed by atoms with Gasteiger partial charge in [-0.25, -0.2) is 4.98 Å². The SMILES string of the molecule is Cc1cc(=O)n2nc(CN3CC[C@H](O)C3)sc2n1. The van der Waals surface area contributed by atoms with E-state index in [2.05, 4.69) is 15.0 Å². The fourth-order valence-electron chi connectivity index (χ4n) is 2.17. The van der Waals surface area contributed by atoms with Gasteiger partial charge < -0.3 is 5.11 Å². The van der Waals surface area contributed by atoms with Crippen molar-refractivity contribution in [1.29, 1.82) is 0 Å². The second kappa shape index (κ2) is 4.42. The van der Waals surface area contributed by atoms with Crippen LogP contribution >= 0.6 is 11.3 Å². The van der Waals surface area contributed by atoms with Gasteiger partial charge in [0.2, 0.25) is 4.96 Å². The van der Waals surface area contributed by atoms with Gasteiger partial charge in [0.25, 0.3) is 5.56 Å². The molecule has 3 rings (SSSR count). The van der Waals surface area contributed by atoms with Gasteiger partial charge in [0, 0.05) is 24.8 Å². The number of aromatic nitrogens is 3. The smallest absolute Gasteiger partial charge is 0.275 e. The van der Waals surface area contributed by atoms with Gasteiger partial charge in [-0.15, -0.1) is 0 Å². The first kappa shape index (κ1) is 11.8. The molecule has 3 heterocycles. The van der Waals surface area contributed by atoms with Gasteiger partial charge in [0.05, 0.1) is 12.6 Å². The Kier molecular flexibility index (Phi) is 2.89. The van der Waals surface area contributed by atoms with Crippen LogP contribution in [0.2, 0.25) is 0 Å². The Hall–Kier alpha value is -1.31. The van der Waals surface area contributed by atoms with Gasteiger partial charge in [0.15, 0.2) is 0 Å². The maximum atomic E-state index is 11.7. The Morgan fingerprint density at radius 2 is 2.44 bits per heavy atom. The van der Waals surface area contributed by atoms with E-state index in [0.717, 1.165) is 18.0 Å². The number of aliphatic hydroxyl groups excluding tert-OH is 1. The van der Waals surface area contributed by atoms with E-state index >= 15 is 0 Å². The fourth-order valence-corrected chi connectivity index (χ4v) is 3.16. The van der Waals surface area contributed by atoms with Crippen LogP contribution in [0, 0.1) is 6.92 Å². The van der Waals surface area contributed by atoms with Crippen LogP contribution in [0.15, 0.2) is 10.9 Å². The standard InChI is InChI=1S/C11H14N4O2S/c1-7-4-10(17)15-11(12-7)18-9(13-15)6-14-3-2-8(16)5-14/h4,8,16H,2-3,5-6H2,1H3/t8-/m0/s1. The predicted octanol–water partition coefficient (Wildman–Crippen LogP) is 0.0260. The predicted molar refractivity (Wildman–Crippen MR) is 67.8 cm³/mol. The van der Waals surface area contributed by atoms with Crippen LogP contribution < -0.4 is 5.56 Å². The highest BCUT2D eigenvalue weighted by molar-refractivity contribution is 7.16. The molecule has 0 unspecified atom stereocenters. The summed E-state index contributed by atoms with van der Waals surface area (Å²) in [4.78, 5) is 18.8. The van der Waals surface area contributed by atoms with Crippen LogP contribution in [0.5, 0.6) is 0 Å². The average molecular weight is 266 g/mol. The summed E-state index contributed by atoms with van der Waals surface area (Å²) in [5.41, 5.74) is 0.577. The lowest BCUT2D eigenvalue weighted by molar-refractivity contribution is 0.174. The minimum Gasteiger partial charge on any atom is -0.392 e. The van der Waals surface area contributed by atoms with E-state index < -0.39 is 0 Å². The topological polar surface area (TPSA) is 70.7 Å². The van der Waals surface area contributed by atoms with Crippen molar-refractivity contribution in [3.8, 4) is 0 Å². The summed E-state index contributed by atoms with van der Waals surface area (Å²) >= 11 is 1.43. The highest BCUT2D eigenvalue weighted by atomic mass is 32.1. The normalized spacial score (nSPS) is 20.9. The Labute approximate surface area is 108 Å². The molecule has 0 amide bonds. The molecule has 2 aromatic rings. The third-order valence-corrected chi connectivity index (χ3v) is 3.91. The number of aryl methyl sites for hydroxylation is 1. The number of hydrogen-bond donors (Lipinski definition) is 1. The van der Waals surface area contributed by atoms with E-state index in [0.29, 0.717) is 23.7 Å². The third-order valence-electron chi connectivity index (χ3n) is 3.02. The first-order valence-electron chi connectivity index (χ1n) is 5.88. The van der Waals surface area contributed by atoms with Crippen molar-refractivity contribution >= 4 is 16.3 Å². The first-order valence-corrected chi connectivity index (χ1v) is 6.70. The Bertz CT molecular complexity index is 635. The molecule has 0 radical (unpaired) electrons. The third kappa shape index (κ3) is 2.16. The number of β-amino-alcohol motifs (C(OH)–C–C–N with tert-alkyl or cyclic N) is 1. The first-order chi connectivity index (χ1) is 8.61. The quantitative estimate of drug-likeness (QED) is 0.830. The van der Waals surface area contributed by atoms with Crippen molar-refractivity contribution in [2.45, 2.75) is 26.0 Å². The molecule has 0 aromatic carbocycles. The molecule has 96 valence electrons. The van der Waals surface area contributed by atoms with Gasteiger partial charge in [-0.05, 0) is 13.3 Å². The number of aliphatic hydroxyl groups is 1. The molecule has 0 saturated carbocycles. The Balaban J connectivity index is 1.89. The molecule has 1 aliphatic rings. The molecule has 2 aromatic heterocycles. The summed E-state index contributed by atoms with van der Waals surface area (Å²) in [6.07, 6.45) is 0.574. The molecule has 1 fully saturated rings. The summed E-state index contributed by atoms with van der Waals surface area (Å²) < 4.78 is 1.35. The summed E-state index contributed by atoms with van der Waals surface area (Å²) in [5.74, 6) is 0. The summed E-state index contributed by atoms with van der Waals surface area (Å²) in [7, 11) is 0. The minimum atomic E-state index is -0.234. The van der Waals surface area contributed by atoms with Crippen molar-refractivity contribution in [1.82, 2.24) is 19.5 Å². The zero-order valence-corrected chi connectivity index (χ0v) is 10.9. The van der Waals surface area contributed by atoms with Crippen molar-refractivity contribution in [2.75, 3.05) is 13.1 Å². The molecule has 6 nitrogen and oxygen atoms in total. The maximum Gasteiger partial charge on any atom is 0.275 e. The van der Waals surface area contributed by atoms with Crippen molar-refractivity contribution in [2.24, 2.45) is 0 Å². The van der Waals surface area contributed by atoms with Crippen molar-refractivity contribution in [3.05, 3.63) is 27.1 Å². The highest BCUT2D eigenvalue weighted by Gasteiger charge is 2.21. The van der Waals surface area contributed by atoms with Gasteiger partial charge in [-0.1, -0.05) is 11.3 Å². The molecule has 0 aliphatic carbocycles. The number of hydrogen-bond acceptors (Lipinski definition) is 6. The zero-order chi connectivity index (χ0) is 12.7. The lowest BCUT2D eigenvalue weighted by atomic mass is 10.3. The van der Waals surface area contributed by atoms with Crippen molar-refractivity contribution < 1.29 is 5.11 Å². The van der Waals surface area contributed by atoms with E-state index in [-0.39, 0.29) is 11.7 Å². The van der Waals surface area contributed by atoms with Crippen LogP contribution in [0.3, 0.4) is 0 Å². The van der Waals surface area contributed by atoms with Crippen molar-refractivity contribution in [3.63, 3.8) is 0 Å². The number of likely N-dealkylation sites (tertiary alicyclic amines) is 1. The molecule has 0 bridgehead atoms. The lowest BCUT2D eigenvalue weighted by Gasteiger charge is -2.11. The summed E-state index contributed by atoms with van der Waals surface area (Å²) in [6, 6.07) is 1.48. The van der Waals surface area contributed by atoms with E-state index in [1.54, 1.807) is 6.92 Å². The molecule has 1 atom stereocenters. The fraction of sp³-hybridized carbons (Fsp3) is 0.545. The van der Waals surface area contributed by atoms with E-state index in [1.165, 1.54) is 21.9 Å². The van der Waals surface area contributed by atoms with Gasteiger partial charge in [-0.2, -0.15) is 9.61 Å². The molecular weight excluding hydrogens is 252 g/mol. The highest BCUT2D eigenvalue weighted by Crippen LogP contribution is 2.17. The molecule has 7 heteroatoms. The van der Waals surface area contributed by atoms with E-state index in [4.69, 9.17) is 0 Å². The van der Waals surface area contributed by atoms with Crippen LogP contribution in [-0.2, 0) is 6.54 Å². The zero-order valence-electron chi connectivity index (χ0n) is 10.0. The largest absolute Gasteiger partial charge is 0.392 e. The van der Waals surface area contributed by atoms with Gasteiger partial charge in [-0.3, -0.25) is 9.69 Å². The second-order valence-corrected chi connectivity index (χ2v) is 5.64. The lowest BCUT2D eigenvalue weighted by Crippen LogP contribution is -2.22. The number of fused-ring (bicyclic) bond motifs is 1. The molecule has 1 N–H and O–H groups in total. The van der Waals surface area contributed by atoms with E-state index in [9.17, 15) is 9.90 Å².